The fourth-order valence-corrected chi connectivity index (χ4v) is 4.62. The van der Waals surface area contributed by atoms with Crippen molar-refractivity contribution in [3.63, 3.8) is 0 Å². The van der Waals surface area contributed by atoms with Crippen LogP contribution in [0.15, 0.2) is 42.5 Å². The molecule has 0 N–H and O–H groups in total. The SMILES string of the molecule is COc1ccccc1[C@@H]1C[C@H]1C(=O)N(C1CC1)[C@@H](C)c1ccc2c(c1)OCCCO2. The monoisotopic (exact) mass is 407 g/mol. The van der Waals surface area contributed by atoms with Gasteiger partial charge in [-0.25, -0.2) is 0 Å². The molecule has 5 heteroatoms. The lowest BCUT2D eigenvalue weighted by molar-refractivity contribution is -0.135. The van der Waals surface area contributed by atoms with E-state index in [-0.39, 0.29) is 23.8 Å². The molecule has 0 bridgehead atoms. The van der Waals surface area contributed by atoms with E-state index >= 15 is 0 Å². The summed E-state index contributed by atoms with van der Waals surface area (Å²) in [6.07, 6.45) is 3.97. The highest BCUT2D eigenvalue weighted by molar-refractivity contribution is 5.84. The van der Waals surface area contributed by atoms with Gasteiger partial charge in [-0.3, -0.25) is 4.79 Å². The first-order chi connectivity index (χ1) is 14.7. The second kappa shape index (κ2) is 7.86. The van der Waals surface area contributed by atoms with Crippen LogP contribution in [0.1, 0.15) is 55.7 Å². The van der Waals surface area contributed by atoms with Crippen LogP contribution in [0.4, 0.5) is 0 Å². The summed E-state index contributed by atoms with van der Waals surface area (Å²) >= 11 is 0. The summed E-state index contributed by atoms with van der Waals surface area (Å²) in [5.41, 5.74) is 2.26. The Balaban J connectivity index is 1.36. The first-order valence-electron chi connectivity index (χ1n) is 11.0. The molecule has 1 aliphatic heterocycles. The number of fused-ring (bicyclic) bond motifs is 1. The van der Waals surface area contributed by atoms with Gasteiger partial charge in [0.1, 0.15) is 5.75 Å². The first kappa shape index (κ1) is 19.3. The second-order valence-electron chi connectivity index (χ2n) is 8.60. The van der Waals surface area contributed by atoms with Gasteiger partial charge in [-0.1, -0.05) is 24.3 Å². The van der Waals surface area contributed by atoms with Crippen molar-refractivity contribution in [3.8, 4) is 17.2 Å². The summed E-state index contributed by atoms with van der Waals surface area (Å²) in [4.78, 5) is 15.7. The van der Waals surface area contributed by atoms with Crippen molar-refractivity contribution in [2.45, 2.75) is 50.6 Å². The van der Waals surface area contributed by atoms with Crippen LogP contribution in [-0.2, 0) is 4.79 Å². The summed E-state index contributed by atoms with van der Waals surface area (Å²) in [6, 6.07) is 14.5. The van der Waals surface area contributed by atoms with E-state index < -0.39 is 0 Å². The molecule has 1 heterocycles. The van der Waals surface area contributed by atoms with Crippen LogP contribution in [-0.4, -0.2) is 37.2 Å². The van der Waals surface area contributed by atoms with E-state index in [4.69, 9.17) is 14.2 Å². The number of hydrogen-bond donors (Lipinski definition) is 0. The number of hydrogen-bond acceptors (Lipinski definition) is 4. The maximum absolute atomic E-state index is 13.6. The molecule has 2 aromatic carbocycles. The minimum Gasteiger partial charge on any atom is -0.496 e. The zero-order valence-corrected chi connectivity index (χ0v) is 17.7. The smallest absolute Gasteiger partial charge is 0.227 e. The van der Waals surface area contributed by atoms with Gasteiger partial charge in [-0.05, 0) is 61.4 Å². The molecule has 0 aromatic heterocycles. The van der Waals surface area contributed by atoms with Crippen LogP contribution in [0.25, 0.3) is 0 Å². The van der Waals surface area contributed by atoms with Crippen molar-refractivity contribution >= 4 is 5.91 Å². The van der Waals surface area contributed by atoms with Crippen molar-refractivity contribution in [1.82, 2.24) is 4.90 Å². The minimum absolute atomic E-state index is 0.0149. The van der Waals surface area contributed by atoms with Crippen LogP contribution in [0.2, 0.25) is 0 Å². The van der Waals surface area contributed by atoms with Crippen LogP contribution >= 0.6 is 0 Å². The Kier molecular flexibility index (Phi) is 5.05. The van der Waals surface area contributed by atoms with Gasteiger partial charge in [0.25, 0.3) is 0 Å². The molecule has 0 saturated heterocycles. The Labute approximate surface area is 177 Å². The van der Waals surface area contributed by atoms with Crippen molar-refractivity contribution in [1.29, 1.82) is 0 Å². The molecule has 2 aliphatic carbocycles. The number of rotatable bonds is 6. The standard InChI is InChI=1S/C25H29NO4/c1-16(17-8-11-23-24(14-17)30-13-5-12-29-23)26(18-9-10-18)25(27)21-15-20(21)19-6-3-4-7-22(19)28-2/h3-4,6-8,11,14,16,18,20-21H,5,9-10,12-13,15H2,1-2H3/t16-,20-,21+/m0/s1. The van der Waals surface area contributed by atoms with E-state index in [9.17, 15) is 4.79 Å². The molecule has 0 spiro atoms. The minimum atomic E-state index is 0.0149. The zero-order valence-electron chi connectivity index (χ0n) is 17.7. The molecular weight excluding hydrogens is 378 g/mol. The van der Waals surface area contributed by atoms with Gasteiger partial charge in [-0.2, -0.15) is 0 Å². The largest absolute Gasteiger partial charge is 0.496 e. The Morgan fingerprint density at radius 3 is 2.63 bits per heavy atom. The highest BCUT2D eigenvalue weighted by atomic mass is 16.5. The Hall–Kier alpha value is -2.69. The molecular formula is C25H29NO4. The van der Waals surface area contributed by atoms with Gasteiger partial charge in [0.05, 0.1) is 26.4 Å². The quantitative estimate of drug-likeness (QED) is 0.696. The molecule has 5 rings (SSSR count). The van der Waals surface area contributed by atoms with Crippen LogP contribution in [0.5, 0.6) is 17.2 Å². The molecule has 3 atom stereocenters. The number of carbonyl (C=O) groups is 1. The number of amides is 1. The van der Waals surface area contributed by atoms with Crippen molar-refractivity contribution in [2.75, 3.05) is 20.3 Å². The van der Waals surface area contributed by atoms with Crippen molar-refractivity contribution in [3.05, 3.63) is 53.6 Å². The fraction of sp³-hybridized carbons (Fsp3) is 0.480. The molecule has 2 fully saturated rings. The lowest BCUT2D eigenvalue weighted by Gasteiger charge is -2.30. The fourth-order valence-electron chi connectivity index (χ4n) is 4.62. The van der Waals surface area contributed by atoms with Crippen LogP contribution in [0.3, 0.4) is 0 Å². The summed E-state index contributed by atoms with van der Waals surface area (Å²) in [5.74, 6) is 3.04. The predicted octanol–water partition coefficient (Wildman–Crippen LogP) is 4.71. The van der Waals surface area contributed by atoms with Crippen LogP contribution in [0, 0.1) is 5.92 Å². The number of nitrogens with zero attached hydrogens (tertiary/aromatic N) is 1. The third kappa shape index (κ3) is 3.62. The molecule has 0 unspecified atom stereocenters. The molecule has 30 heavy (non-hydrogen) atoms. The molecule has 5 nitrogen and oxygen atoms in total. The van der Waals surface area contributed by atoms with Gasteiger partial charge >= 0.3 is 0 Å². The van der Waals surface area contributed by atoms with Crippen molar-refractivity contribution < 1.29 is 19.0 Å². The molecule has 158 valence electrons. The second-order valence-corrected chi connectivity index (χ2v) is 8.60. The van der Waals surface area contributed by atoms with E-state index in [0.717, 1.165) is 54.1 Å². The summed E-state index contributed by atoms with van der Waals surface area (Å²) in [7, 11) is 1.70. The highest BCUT2D eigenvalue weighted by Gasteiger charge is 2.50. The number of methoxy groups -OCH3 is 1. The van der Waals surface area contributed by atoms with Gasteiger partial charge in [-0.15, -0.1) is 0 Å². The average Bonchev–Trinajstić information content (AvgIpc) is 3.66. The maximum atomic E-state index is 13.6. The van der Waals surface area contributed by atoms with E-state index in [2.05, 4.69) is 30.0 Å². The van der Waals surface area contributed by atoms with E-state index in [1.807, 2.05) is 24.3 Å². The van der Waals surface area contributed by atoms with E-state index in [1.165, 1.54) is 0 Å². The van der Waals surface area contributed by atoms with Gasteiger partial charge < -0.3 is 19.1 Å². The number of ether oxygens (including phenoxy) is 3. The Morgan fingerprint density at radius 1 is 1.10 bits per heavy atom. The van der Waals surface area contributed by atoms with Crippen molar-refractivity contribution in [2.24, 2.45) is 5.92 Å². The van der Waals surface area contributed by atoms with Gasteiger partial charge in [0, 0.05) is 18.4 Å². The van der Waals surface area contributed by atoms with Gasteiger partial charge in [0.15, 0.2) is 11.5 Å². The lowest BCUT2D eigenvalue weighted by atomic mass is 10.0. The predicted molar refractivity (Wildman–Crippen MR) is 114 cm³/mol. The molecule has 1 amide bonds. The topological polar surface area (TPSA) is 48.0 Å². The summed E-state index contributed by atoms with van der Waals surface area (Å²) in [5, 5.41) is 0. The molecule has 3 aliphatic rings. The first-order valence-corrected chi connectivity index (χ1v) is 11.0. The van der Waals surface area contributed by atoms with E-state index in [1.54, 1.807) is 7.11 Å². The summed E-state index contributed by atoms with van der Waals surface area (Å²) in [6.45, 7) is 3.48. The number of para-hydroxylation sites is 1. The van der Waals surface area contributed by atoms with Crippen LogP contribution < -0.4 is 14.2 Å². The Morgan fingerprint density at radius 2 is 1.87 bits per heavy atom. The average molecular weight is 408 g/mol. The zero-order chi connectivity index (χ0) is 20.7. The van der Waals surface area contributed by atoms with Gasteiger partial charge in [0.2, 0.25) is 5.91 Å². The summed E-state index contributed by atoms with van der Waals surface area (Å²) < 4.78 is 17.2. The highest BCUT2D eigenvalue weighted by Crippen LogP contribution is 2.53. The normalized spacial score (nSPS) is 23.3. The maximum Gasteiger partial charge on any atom is 0.227 e. The lowest BCUT2D eigenvalue weighted by Crippen LogP contribution is -2.37. The third-order valence-corrected chi connectivity index (χ3v) is 6.51. The molecule has 2 saturated carbocycles. The molecule has 0 radical (unpaired) electrons. The number of benzene rings is 2. The Bertz CT molecular complexity index is 938. The third-order valence-electron chi connectivity index (χ3n) is 6.51. The van der Waals surface area contributed by atoms with E-state index in [0.29, 0.717) is 19.3 Å². The number of carbonyl (C=O) groups excluding carboxylic acids is 1. The molecule has 2 aromatic rings.